The number of nitrogens with zero attached hydrogens (tertiary/aromatic N) is 1. The third-order valence-corrected chi connectivity index (χ3v) is 8.51. The average molecular weight is 475 g/mol. The predicted octanol–water partition coefficient (Wildman–Crippen LogP) is 8.52. The van der Waals surface area contributed by atoms with Gasteiger partial charge in [0.1, 0.15) is 0 Å². The van der Waals surface area contributed by atoms with Crippen molar-refractivity contribution >= 4 is 8.60 Å². The van der Waals surface area contributed by atoms with E-state index in [1.807, 2.05) is 0 Å². The molecular weight excluding hydrogens is 417 g/mol. The van der Waals surface area contributed by atoms with E-state index in [1.165, 1.54) is 127 Å². The predicted molar refractivity (Wildman–Crippen MR) is 140 cm³/mol. The van der Waals surface area contributed by atoms with Gasteiger partial charge in [-0.05, 0) is 20.3 Å². The van der Waals surface area contributed by atoms with Crippen LogP contribution in [0.4, 0.5) is 0 Å². The van der Waals surface area contributed by atoms with Crippen LogP contribution in [-0.2, 0) is 9.05 Å². The highest BCUT2D eigenvalue weighted by molar-refractivity contribution is 7.40. The molecule has 32 heavy (non-hydrogen) atoms. The molecule has 1 aliphatic heterocycles. The fourth-order valence-corrected chi connectivity index (χ4v) is 5.82. The van der Waals surface area contributed by atoms with Crippen molar-refractivity contribution in [3.8, 4) is 0 Å². The molecular formula is C27H57NO3P+. The second kappa shape index (κ2) is 20.6. The summed E-state index contributed by atoms with van der Waals surface area (Å²) in [6.45, 7) is 12.2. The third-order valence-electron chi connectivity index (χ3n) is 7.63. The molecule has 0 spiro atoms. The normalized spacial score (nSPS) is 17.6. The van der Waals surface area contributed by atoms with Gasteiger partial charge < -0.3 is 18.4 Å². The molecule has 1 heterocycles. The molecule has 192 valence electrons. The number of hydrogen-bond donors (Lipinski definition) is 1. The first-order valence-corrected chi connectivity index (χ1v) is 15.4. The molecule has 0 aromatic rings. The molecule has 0 amide bonds. The summed E-state index contributed by atoms with van der Waals surface area (Å²) in [7, 11) is -1.69. The van der Waals surface area contributed by atoms with Gasteiger partial charge in [0, 0.05) is 12.8 Å². The molecule has 0 radical (unpaired) electrons. The summed E-state index contributed by atoms with van der Waals surface area (Å²) in [6.07, 6.45) is 24.2. The molecule has 1 atom stereocenters. The SMILES string of the molecule is CCCCCCCCCCCCCCCCCCOP(O)OC1CC[N+](CC)(CC)CC1. The van der Waals surface area contributed by atoms with E-state index in [9.17, 15) is 4.89 Å². The highest BCUT2D eigenvalue weighted by Crippen LogP contribution is 2.38. The molecule has 1 unspecified atom stereocenters. The van der Waals surface area contributed by atoms with Crippen LogP contribution in [0.3, 0.4) is 0 Å². The van der Waals surface area contributed by atoms with Crippen LogP contribution >= 0.6 is 8.60 Å². The van der Waals surface area contributed by atoms with Crippen LogP contribution in [0.5, 0.6) is 0 Å². The van der Waals surface area contributed by atoms with Crippen LogP contribution in [0, 0.1) is 0 Å². The molecule has 4 nitrogen and oxygen atoms in total. The quantitative estimate of drug-likeness (QED) is 0.0970. The van der Waals surface area contributed by atoms with Gasteiger partial charge in [-0.15, -0.1) is 0 Å². The Hall–Kier alpha value is 0.270. The van der Waals surface area contributed by atoms with Crippen molar-refractivity contribution in [2.75, 3.05) is 32.8 Å². The first-order chi connectivity index (χ1) is 15.7. The Morgan fingerprint density at radius 3 is 1.47 bits per heavy atom. The lowest BCUT2D eigenvalue weighted by Gasteiger charge is -2.42. The van der Waals surface area contributed by atoms with Gasteiger partial charge in [0.15, 0.2) is 0 Å². The van der Waals surface area contributed by atoms with E-state index in [4.69, 9.17) is 9.05 Å². The smallest absolute Gasteiger partial charge is 0.328 e. The Labute approximate surface area is 202 Å². The van der Waals surface area contributed by atoms with Crippen LogP contribution in [0.2, 0.25) is 0 Å². The second-order valence-corrected chi connectivity index (χ2v) is 11.0. The maximum absolute atomic E-state index is 10.1. The molecule has 0 aromatic carbocycles. The summed E-state index contributed by atoms with van der Waals surface area (Å²) in [5, 5.41) is 0. The van der Waals surface area contributed by atoms with E-state index in [1.54, 1.807) is 0 Å². The Bertz CT molecular complexity index is 396. The summed E-state index contributed by atoms with van der Waals surface area (Å²) in [5.74, 6) is 0. The van der Waals surface area contributed by atoms with Gasteiger partial charge in [0.2, 0.25) is 0 Å². The zero-order valence-electron chi connectivity index (χ0n) is 22.0. The fraction of sp³-hybridized carbons (Fsp3) is 1.00. The number of likely N-dealkylation sites (tertiary alicyclic amines) is 1. The van der Waals surface area contributed by atoms with Crippen molar-refractivity contribution in [1.29, 1.82) is 0 Å². The maximum Gasteiger partial charge on any atom is 0.330 e. The van der Waals surface area contributed by atoms with Crippen LogP contribution in [-0.4, -0.2) is 48.3 Å². The zero-order chi connectivity index (χ0) is 23.3. The van der Waals surface area contributed by atoms with Crippen LogP contribution in [0.25, 0.3) is 0 Å². The molecule has 1 N–H and O–H groups in total. The Balaban J connectivity index is 1.80. The van der Waals surface area contributed by atoms with Gasteiger partial charge in [-0.2, -0.15) is 0 Å². The molecule has 0 saturated carbocycles. The van der Waals surface area contributed by atoms with Crippen molar-refractivity contribution in [3.05, 3.63) is 0 Å². The van der Waals surface area contributed by atoms with Crippen molar-refractivity contribution in [2.24, 2.45) is 0 Å². The number of rotatable bonds is 22. The Kier molecular flexibility index (Phi) is 19.5. The van der Waals surface area contributed by atoms with Crippen LogP contribution in [0.15, 0.2) is 0 Å². The minimum absolute atomic E-state index is 0.182. The lowest BCUT2D eigenvalue weighted by Crippen LogP contribution is -2.53. The first kappa shape index (κ1) is 30.3. The van der Waals surface area contributed by atoms with E-state index in [-0.39, 0.29) is 6.10 Å². The summed E-state index contributed by atoms with van der Waals surface area (Å²) in [6, 6.07) is 0. The van der Waals surface area contributed by atoms with Gasteiger partial charge in [0.25, 0.3) is 0 Å². The average Bonchev–Trinajstić information content (AvgIpc) is 2.82. The monoisotopic (exact) mass is 474 g/mol. The largest absolute Gasteiger partial charge is 0.330 e. The van der Waals surface area contributed by atoms with Gasteiger partial charge >= 0.3 is 8.60 Å². The van der Waals surface area contributed by atoms with E-state index >= 15 is 0 Å². The minimum atomic E-state index is -1.69. The molecule has 1 rings (SSSR count). The molecule has 1 aliphatic rings. The first-order valence-electron chi connectivity index (χ1n) is 14.3. The van der Waals surface area contributed by atoms with E-state index in [0.29, 0.717) is 6.61 Å². The third kappa shape index (κ3) is 15.2. The molecule has 1 fully saturated rings. The molecule has 0 bridgehead atoms. The van der Waals surface area contributed by atoms with Crippen LogP contribution in [0.1, 0.15) is 136 Å². The minimum Gasteiger partial charge on any atom is -0.328 e. The van der Waals surface area contributed by atoms with E-state index in [0.717, 1.165) is 19.3 Å². The molecule has 5 heteroatoms. The van der Waals surface area contributed by atoms with Gasteiger partial charge in [-0.25, -0.2) is 0 Å². The molecule has 0 aromatic heterocycles. The standard InChI is InChI=1S/C27H57NO3P/c1-4-7-8-9-10-11-12-13-14-15-16-17-18-19-20-21-26-30-32(29)31-27-22-24-28(5-2,6-3)25-23-27/h27,29H,4-26H2,1-3H3/q+1. The second-order valence-electron chi connectivity index (χ2n) is 10.1. The molecule has 1 saturated heterocycles. The lowest BCUT2D eigenvalue weighted by molar-refractivity contribution is -0.930. The lowest BCUT2D eigenvalue weighted by atomic mass is 10.0. The zero-order valence-corrected chi connectivity index (χ0v) is 22.9. The van der Waals surface area contributed by atoms with Crippen LogP contribution < -0.4 is 0 Å². The summed E-state index contributed by atoms with van der Waals surface area (Å²) < 4.78 is 12.5. The van der Waals surface area contributed by atoms with Crippen molar-refractivity contribution in [1.82, 2.24) is 0 Å². The maximum atomic E-state index is 10.1. The van der Waals surface area contributed by atoms with Gasteiger partial charge in [-0.1, -0.05) is 103 Å². The van der Waals surface area contributed by atoms with E-state index in [2.05, 4.69) is 20.8 Å². The number of piperidine rings is 1. The summed E-state index contributed by atoms with van der Waals surface area (Å²) in [4.78, 5) is 10.1. The summed E-state index contributed by atoms with van der Waals surface area (Å²) >= 11 is 0. The molecule has 0 aliphatic carbocycles. The Morgan fingerprint density at radius 1 is 0.656 bits per heavy atom. The number of hydrogen-bond acceptors (Lipinski definition) is 3. The van der Waals surface area contributed by atoms with Crippen molar-refractivity contribution in [3.63, 3.8) is 0 Å². The number of quaternary nitrogens is 1. The summed E-state index contributed by atoms with van der Waals surface area (Å²) in [5.41, 5.74) is 0. The highest BCUT2D eigenvalue weighted by Gasteiger charge is 2.32. The topological polar surface area (TPSA) is 38.7 Å². The highest BCUT2D eigenvalue weighted by atomic mass is 31.2. The number of unbranched alkanes of at least 4 members (excludes halogenated alkanes) is 15. The fourth-order valence-electron chi connectivity index (χ4n) is 5.00. The Morgan fingerprint density at radius 2 is 1.06 bits per heavy atom. The van der Waals surface area contributed by atoms with Gasteiger partial charge in [-0.3, -0.25) is 0 Å². The van der Waals surface area contributed by atoms with Crippen molar-refractivity contribution < 1.29 is 18.4 Å². The van der Waals surface area contributed by atoms with E-state index < -0.39 is 8.60 Å². The van der Waals surface area contributed by atoms with Crippen molar-refractivity contribution in [2.45, 2.75) is 142 Å². The van der Waals surface area contributed by atoms with Gasteiger partial charge in [0.05, 0.1) is 38.9 Å².